The Balaban J connectivity index is 2.55. The second kappa shape index (κ2) is 3.71. The van der Waals surface area contributed by atoms with Gasteiger partial charge in [-0.25, -0.2) is 4.79 Å². The van der Waals surface area contributed by atoms with Crippen molar-refractivity contribution in [3.63, 3.8) is 0 Å². The Kier molecular flexibility index (Phi) is 2.87. The molecule has 1 aliphatic heterocycles. The van der Waals surface area contributed by atoms with Crippen LogP contribution in [0, 0.1) is 0 Å². The Hall–Kier alpha value is -0.580. The van der Waals surface area contributed by atoms with Crippen LogP contribution in [-0.4, -0.2) is 29.9 Å². The minimum atomic E-state index is -0.0584. The van der Waals surface area contributed by atoms with Crippen molar-refractivity contribution in [1.29, 1.82) is 0 Å². The van der Waals surface area contributed by atoms with Gasteiger partial charge in [0.15, 0.2) is 0 Å². The van der Waals surface area contributed by atoms with Crippen LogP contribution in [0.1, 0.15) is 13.3 Å². The van der Waals surface area contributed by atoms with Crippen LogP contribution in [0.3, 0.4) is 0 Å². The number of amides is 2. The number of halogens is 1. The standard InChI is InChI=1S/C6H10BrN3O/c1-2-10-4-3-5(9-7)8-6(10)11/h2-4H2,1H3,(H,8,9,11). The Bertz CT molecular complexity index is 192. The average Bonchev–Trinajstić information content (AvgIpc) is 2.04. The second-order valence-corrected chi connectivity index (χ2v) is 2.65. The molecule has 0 aliphatic carbocycles. The minimum Gasteiger partial charge on any atom is -0.324 e. The first-order valence-corrected chi connectivity index (χ1v) is 4.22. The number of amidine groups is 1. The third kappa shape index (κ3) is 1.92. The number of urea groups is 1. The number of hydrogen-bond donors (Lipinski definition) is 1. The number of carbonyl (C=O) groups excluding carboxylic acids is 1. The first-order chi connectivity index (χ1) is 5.27. The van der Waals surface area contributed by atoms with Crippen LogP contribution >= 0.6 is 16.1 Å². The average molecular weight is 220 g/mol. The third-order valence-corrected chi connectivity index (χ3v) is 2.07. The summed E-state index contributed by atoms with van der Waals surface area (Å²) >= 11 is 2.93. The van der Waals surface area contributed by atoms with Gasteiger partial charge in [0.25, 0.3) is 0 Å². The van der Waals surface area contributed by atoms with Crippen molar-refractivity contribution >= 4 is 28.0 Å². The number of nitrogens with one attached hydrogen (secondary N) is 1. The van der Waals surface area contributed by atoms with Gasteiger partial charge in [0.05, 0.1) is 16.1 Å². The lowest BCUT2D eigenvalue weighted by Crippen LogP contribution is -2.49. The maximum absolute atomic E-state index is 11.1. The Morgan fingerprint density at radius 2 is 2.55 bits per heavy atom. The number of rotatable bonds is 1. The molecule has 0 aromatic rings. The van der Waals surface area contributed by atoms with E-state index in [0.717, 1.165) is 19.5 Å². The summed E-state index contributed by atoms with van der Waals surface area (Å²) < 4.78 is 3.74. The molecule has 0 saturated carbocycles. The maximum atomic E-state index is 11.1. The van der Waals surface area contributed by atoms with Gasteiger partial charge in [-0.2, -0.15) is 4.02 Å². The van der Waals surface area contributed by atoms with Crippen molar-refractivity contribution in [2.75, 3.05) is 13.1 Å². The van der Waals surface area contributed by atoms with Crippen molar-refractivity contribution in [2.24, 2.45) is 4.02 Å². The predicted octanol–water partition coefficient (Wildman–Crippen LogP) is 1.13. The molecule has 0 radical (unpaired) electrons. The smallest absolute Gasteiger partial charge is 0.322 e. The van der Waals surface area contributed by atoms with Gasteiger partial charge in [0, 0.05) is 19.5 Å². The minimum absolute atomic E-state index is 0.0584. The van der Waals surface area contributed by atoms with Crippen LogP contribution in [0.15, 0.2) is 4.02 Å². The summed E-state index contributed by atoms with van der Waals surface area (Å²) in [5, 5.41) is 2.66. The van der Waals surface area contributed by atoms with Crippen LogP contribution in [-0.2, 0) is 0 Å². The van der Waals surface area contributed by atoms with Crippen LogP contribution in [0.25, 0.3) is 0 Å². The zero-order valence-electron chi connectivity index (χ0n) is 6.30. The fourth-order valence-electron chi connectivity index (χ4n) is 0.973. The van der Waals surface area contributed by atoms with Gasteiger partial charge in [-0.3, -0.25) is 5.32 Å². The van der Waals surface area contributed by atoms with Gasteiger partial charge in [0.1, 0.15) is 5.84 Å². The highest BCUT2D eigenvalue weighted by Crippen LogP contribution is 2.01. The lowest BCUT2D eigenvalue weighted by atomic mass is 10.3. The fourth-order valence-corrected chi connectivity index (χ4v) is 1.24. The van der Waals surface area contributed by atoms with Gasteiger partial charge in [-0.1, -0.05) is 0 Å². The molecule has 5 heteroatoms. The van der Waals surface area contributed by atoms with Gasteiger partial charge < -0.3 is 4.90 Å². The van der Waals surface area contributed by atoms with Gasteiger partial charge in [-0.15, -0.1) is 0 Å². The maximum Gasteiger partial charge on any atom is 0.322 e. The molecule has 0 aromatic carbocycles. The lowest BCUT2D eigenvalue weighted by molar-refractivity contribution is 0.202. The monoisotopic (exact) mass is 219 g/mol. The van der Waals surface area contributed by atoms with Crippen LogP contribution in [0.4, 0.5) is 4.79 Å². The molecule has 0 aromatic heterocycles. The molecule has 1 aliphatic rings. The summed E-state index contributed by atoms with van der Waals surface area (Å²) in [4.78, 5) is 12.8. The number of nitrogens with zero attached hydrogens (tertiary/aromatic N) is 2. The summed E-state index contributed by atoms with van der Waals surface area (Å²) in [7, 11) is 0. The molecule has 4 nitrogen and oxygen atoms in total. The zero-order valence-corrected chi connectivity index (χ0v) is 7.89. The second-order valence-electron chi connectivity index (χ2n) is 2.29. The van der Waals surface area contributed by atoms with Crippen molar-refractivity contribution < 1.29 is 4.79 Å². The normalized spacial score (nSPS) is 22.2. The molecule has 0 spiro atoms. The van der Waals surface area contributed by atoms with E-state index in [-0.39, 0.29) is 6.03 Å². The highest BCUT2D eigenvalue weighted by molar-refractivity contribution is 9.08. The molecule has 1 heterocycles. The van der Waals surface area contributed by atoms with Crippen LogP contribution < -0.4 is 5.32 Å². The van der Waals surface area contributed by atoms with E-state index in [1.165, 1.54) is 0 Å². The number of hydrogen-bond acceptors (Lipinski definition) is 2. The highest BCUT2D eigenvalue weighted by atomic mass is 79.9. The van der Waals surface area contributed by atoms with E-state index >= 15 is 0 Å². The fraction of sp³-hybridized carbons (Fsp3) is 0.667. The first kappa shape index (κ1) is 8.52. The molecule has 1 saturated heterocycles. The van der Waals surface area contributed by atoms with E-state index in [0.29, 0.717) is 5.84 Å². The molecule has 1 fully saturated rings. The van der Waals surface area contributed by atoms with E-state index in [1.807, 2.05) is 6.92 Å². The molecule has 0 atom stereocenters. The quantitative estimate of drug-likeness (QED) is 0.707. The first-order valence-electron chi connectivity index (χ1n) is 3.51. The third-order valence-electron chi connectivity index (χ3n) is 1.64. The topological polar surface area (TPSA) is 44.7 Å². The summed E-state index contributed by atoms with van der Waals surface area (Å²) in [5.41, 5.74) is 0. The Labute approximate surface area is 74.0 Å². The van der Waals surface area contributed by atoms with Gasteiger partial charge in [0.2, 0.25) is 0 Å². The summed E-state index contributed by atoms with van der Waals surface area (Å²) in [6, 6.07) is -0.0584. The molecule has 0 unspecified atom stereocenters. The van der Waals surface area contributed by atoms with E-state index in [1.54, 1.807) is 4.90 Å². The summed E-state index contributed by atoms with van der Waals surface area (Å²) in [6.07, 6.45) is 0.796. The molecule has 1 N–H and O–H groups in total. The molecule has 11 heavy (non-hydrogen) atoms. The SMILES string of the molecule is CCN1CC/C(=N/Br)NC1=O. The van der Waals surface area contributed by atoms with E-state index in [2.05, 4.69) is 25.5 Å². The lowest BCUT2D eigenvalue weighted by Gasteiger charge is -2.26. The van der Waals surface area contributed by atoms with Gasteiger partial charge in [-0.05, 0) is 6.92 Å². The molecule has 0 bridgehead atoms. The van der Waals surface area contributed by atoms with E-state index in [9.17, 15) is 4.79 Å². The zero-order chi connectivity index (χ0) is 8.27. The van der Waals surface area contributed by atoms with Crippen molar-refractivity contribution in [3.8, 4) is 0 Å². The van der Waals surface area contributed by atoms with Crippen molar-refractivity contribution in [1.82, 2.24) is 10.2 Å². The molecular weight excluding hydrogens is 210 g/mol. The number of carbonyl (C=O) groups is 1. The molecule has 2 amide bonds. The summed E-state index contributed by atoms with van der Waals surface area (Å²) in [5.74, 6) is 0.708. The predicted molar refractivity (Wildman–Crippen MR) is 46.8 cm³/mol. The van der Waals surface area contributed by atoms with Crippen molar-refractivity contribution in [3.05, 3.63) is 0 Å². The Morgan fingerprint density at radius 1 is 1.82 bits per heavy atom. The molecule has 1 rings (SSSR count). The molecular formula is C6H10BrN3O. The van der Waals surface area contributed by atoms with E-state index < -0.39 is 0 Å². The van der Waals surface area contributed by atoms with Crippen LogP contribution in [0.5, 0.6) is 0 Å². The summed E-state index contributed by atoms with van der Waals surface area (Å²) in [6.45, 7) is 3.46. The van der Waals surface area contributed by atoms with Gasteiger partial charge >= 0.3 is 6.03 Å². The van der Waals surface area contributed by atoms with Crippen LogP contribution in [0.2, 0.25) is 0 Å². The van der Waals surface area contributed by atoms with Crippen molar-refractivity contribution in [2.45, 2.75) is 13.3 Å². The molecule has 62 valence electrons. The largest absolute Gasteiger partial charge is 0.324 e. The van der Waals surface area contributed by atoms with E-state index in [4.69, 9.17) is 0 Å². The highest BCUT2D eigenvalue weighted by Gasteiger charge is 2.19. The Morgan fingerprint density at radius 3 is 3.00 bits per heavy atom.